The van der Waals surface area contributed by atoms with Crippen LogP contribution in [0, 0.1) is 0 Å². The highest BCUT2D eigenvalue weighted by Crippen LogP contribution is 2.12. The zero-order valence-electron chi connectivity index (χ0n) is 17.4. The Morgan fingerprint density at radius 3 is 2.61 bits per heavy atom. The fourth-order valence-electron chi connectivity index (χ4n) is 3.81. The summed E-state index contributed by atoms with van der Waals surface area (Å²) in [6.45, 7) is 2.56. The zero-order valence-corrected chi connectivity index (χ0v) is 17.4. The Kier molecular flexibility index (Phi) is 6.74. The van der Waals surface area contributed by atoms with Gasteiger partial charge in [-0.3, -0.25) is 14.5 Å². The maximum absolute atomic E-state index is 12.6. The van der Waals surface area contributed by atoms with E-state index in [1.165, 1.54) is 5.56 Å². The third-order valence-corrected chi connectivity index (χ3v) is 5.55. The second-order valence-corrected chi connectivity index (χ2v) is 7.68. The van der Waals surface area contributed by atoms with Crippen LogP contribution in [0.1, 0.15) is 17.5 Å². The molecule has 2 amide bonds. The van der Waals surface area contributed by atoms with Crippen LogP contribution < -0.4 is 10.6 Å². The maximum Gasteiger partial charge on any atom is 0.237 e. The van der Waals surface area contributed by atoms with Gasteiger partial charge in [0.1, 0.15) is 0 Å². The first-order chi connectivity index (χ1) is 15.2. The molecule has 3 aromatic rings. The van der Waals surface area contributed by atoms with E-state index < -0.39 is 6.04 Å². The number of piperazine rings is 1. The van der Waals surface area contributed by atoms with Crippen LogP contribution >= 0.6 is 0 Å². The third kappa shape index (κ3) is 5.58. The van der Waals surface area contributed by atoms with Gasteiger partial charge in [-0.1, -0.05) is 42.5 Å². The molecule has 1 fully saturated rings. The van der Waals surface area contributed by atoms with E-state index in [9.17, 15) is 9.59 Å². The Bertz CT molecular complexity index is 987. The summed E-state index contributed by atoms with van der Waals surface area (Å²) < 4.78 is 1.79. The lowest BCUT2D eigenvalue weighted by Gasteiger charge is -2.34. The molecule has 0 spiro atoms. The van der Waals surface area contributed by atoms with E-state index in [1.54, 1.807) is 10.9 Å². The molecule has 31 heavy (non-hydrogen) atoms. The largest absolute Gasteiger partial charge is 0.353 e. The molecule has 4 rings (SSSR count). The van der Waals surface area contributed by atoms with E-state index in [0.717, 1.165) is 30.8 Å². The standard InChI is InChI=1S/C24H27N5O2/c30-23(26-18-20-7-9-21(10-8-20)29-14-4-12-27-29)17-22-24(31)25-13-16-28(22)15-11-19-5-2-1-3-6-19/h1-10,12,14,22H,11,13,15-18H2,(H,25,31)(H,26,30)/t22-/m0/s1. The first kappa shape index (κ1) is 20.8. The molecule has 1 aromatic heterocycles. The SMILES string of the molecule is O=C(C[C@H]1C(=O)NCCN1CCc1ccccc1)NCc1ccc(-n2cccn2)cc1. The molecule has 7 nitrogen and oxygen atoms in total. The minimum Gasteiger partial charge on any atom is -0.353 e. The molecule has 0 radical (unpaired) electrons. The van der Waals surface area contributed by atoms with Crippen LogP contribution in [0.15, 0.2) is 73.1 Å². The van der Waals surface area contributed by atoms with Crippen molar-refractivity contribution in [3.8, 4) is 5.69 Å². The van der Waals surface area contributed by atoms with Crippen molar-refractivity contribution in [1.29, 1.82) is 0 Å². The highest BCUT2D eigenvalue weighted by molar-refractivity contribution is 5.88. The van der Waals surface area contributed by atoms with Gasteiger partial charge < -0.3 is 10.6 Å². The molecule has 0 aliphatic carbocycles. The molecule has 1 atom stereocenters. The molecule has 1 aliphatic rings. The number of rotatable bonds is 8. The van der Waals surface area contributed by atoms with Crippen molar-refractivity contribution in [3.05, 3.63) is 84.2 Å². The van der Waals surface area contributed by atoms with Gasteiger partial charge in [0.25, 0.3) is 0 Å². The van der Waals surface area contributed by atoms with Crippen LogP contribution in [0.3, 0.4) is 0 Å². The lowest BCUT2D eigenvalue weighted by atomic mass is 10.1. The fraction of sp³-hybridized carbons (Fsp3) is 0.292. The Morgan fingerprint density at radius 2 is 1.87 bits per heavy atom. The lowest BCUT2D eigenvalue weighted by molar-refractivity contribution is -0.133. The van der Waals surface area contributed by atoms with E-state index in [-0.39, 0.29) is 18.2 Å². The molecule has 2 aromatic carbocycles. The first-order valence-corrected chi connectivity index (χ1v) is 10.6. The number of hydrogen-bond acceptors (Lipinski definition) is 4. The Balaban J connectivity index is 1.29. The van der Waals surface area contributed by atoms with Crippen molar-refractivity contribution >= 4 is 11.8 Å². The minimum atomic E-state index is -0.431. The number of benzene rings is 2. The highest BCUT2D eigenvalue weighted by Gasteiger charge is 2.31. The molecular formula is C24H27N5O2. The smallest absolute Gasteiger partial charge is 0.237 e. The van der Waals surface area contributed by atoms with Crippen molar-refractivity contribution in [1.82, 2.24) is 25.3 Å². The normalized spacial score (nSPS) is 16.6. The monoisotopic (exact) mass is 417 g/mol. The van der Waals surface area contributed by atoms with Gasteiger partial charge >= 0.3 is 0 Å². The van der Waals surface area contributed by atoms with Crippen molar-refractivity contribution in [2.45, 2.75) is 25.4 Å². The molecule has 1 saturated heterocycles. The fourth-order valence-corrected chi connectivity index (χ4v) is 3.81. The number of hydrogen-bond donors (Lipinski definition) is 2. The topological polar surface area (TPSA) is 79.3 Å². The van der Waals surface area contributed by atoms with E-state index >= 15 is 0 Å². The Morgan fingerprint density at radius 1 is 1.06 bits per heavy atom. The summed E-state index contributed by atoms with van der Waals surface area (Å²) in [7, 11) is 0. The number of aromatic nitrogens is 2. The van der Waals surface area contributed by atoms with Gasteiger partial charge in [0.05, 0.1) is 18.2 Å². The minimum absolute atomic E-state index is 0.0713. The van der Waals surface area contributed by atoms with E-state index in [1.807, 2.05) is 54.7 Å². The van der Waals surface area contributed by atoms with Crippen LogP contribution in [-0.2, 0) is 22.6 Å². The predicted octanol–water partition coefficient (Wildman–Crippen LogP) is 1.92. The molecule has 1 aliphatic heterocycles. The molecule has 2 heterocycles. The number of nitrogens with zero attached hydrogens (tertiary/aromatic N) is 3. The van der Waals surface area contributed by atoms with Crippen LogP contribution in [-0.4, -0.2) is 52.2 Å². The molecule has 0 unspecified atom stereocenters. The van der Waals surface area contributed by atoms with Crippen LogP contribution in [0.4, 0.5) is 0 Å². The third-order valence-electron chi connectivity index (χ3n) is 5.55. The summed E-state index contributed by atoms with van der Waals surface area (Å²) in [5.74, 6) is -0.194. The number of carbonyl (C=O) groups is 2. The molecule has 160 valence electrons. The Hall–Kier alpha value is -3.45. The summed E-state index contributed by atoms with van der Waals surface area (Å²) in [6, 6.07) is 19.5. The zero-order chi connectivity index (χ0) is 21.5. The highest BCUT2D eigenvalue weighted by atomic mass is 16.2. The van der Waals surface area contributed by atoms with E-state index in [4.69, 9.17) is 0 Å². The van der Waals surface area contributed by atoms with E-state index in [2.05, 4.69) is 32.8 Å². The quantitative estimate of drug-likeness (QED) is 0.587. The van der Waals surface area contributed by atoms with Crippen molar-refractivity contribution in [2.24, 2.45) is 0 Å². The summed E-state index contributed by atoms with van der Waals surface area (Å²) in [5.41, 5.74) is 3.20. The van der Waals surface area contributed by atoms with Crippen LogP contribution in [0.2, 0.25) is 0 Å². The average Bonchev–Trinajstić information content (AvgIpc) is 3.34. The van der Waals surface area contributed by atoms with Crippen LogP contribution in [0.25, 0.3) is 5.69 Å². The van der Waals surface area contributed by atoms with Crippen LogP contribution in [0.5, 0.6) is 0 Å². The van der Waals surface area contributed by atoms with E-state index in [0.29, 0.717) is 13.1 Å². The van der Waals surface area contributed by atoms with Crippen molar-refractivity contribution in [3.63, 3.8) is 0 Å². The van der Waals surface area contributed by atoms with Crippen molar-refractivity contribution < 1.29 is 9.59 Å². The first-order valence-electron chi connectivity index (χ1n) is 10.6. The summed E-state index contributed by atoms with van der Waals surface area (Å²) >= 11 is 0. The summed E-state index contributed by atoms with van der Waals surface area (Å²) in [5, 5.41) is 10.0. The number of amides is 2. The second kappa shape index (κ2) is 10.0. The maximum atomic E-state index is 12.6. The molecule has 0 bridgehead atoms. The lowest BCUT2D eigenvalue weighted by Crippen LogP contribution is -2.56. The van der Waals surface area contributed by atoms with Gasteiger partial charge in [-0.05, 0) is 35.7 Å². The summed E-state index contributed by atoms with van der Waals surface area (Å²) in [4.78, 5) is 27.1. The number of nitrogens with one attached hydrogen (secondary N) is 2. The van der Waals surface area contributed by atoms with Gasteiger partial charge in [-0.2, -0.15) is 5.10 Å². The predicted molar refractivity (Wildman–Crippen MR) is 119 cm³/mol. The summed E-state index contributed by atoms with van der Waals surface area (Å²) in [6.07, 6.45) is 4.63. The molecule has 0 saturated carbocycles. The number of carbonyl (C=O) groups excluding carboxylic acids is 2. The molecular weight excluding hydrogens is 390 g/mol. The second-order valence-electron chi connectivity index (χ2n) is 7.68. The van der Waals surface area contributed by atoms with Gasteiger partial charge in [0.15, 0.2) is 0 Å². The molecule has 7 heteroatoms. The Labute approximate surface area is 182 Å². The van der Waals surface area contributed by atoms with Gasteiger partial charge in [0.2, 0.25) is 11.8 Å². The molecule has 2 N–H and O–H groups in total. The van der Waals surface area contributed by atoms with Crippen molar-refractivity contribution in [2.75, 3.05) is 19.6 Å². The average molecular weight is 418 g/mol. The van der Waals surface area contributed by atoms with Gasteiger partial charge in [-0.25, -0.2) is 4.68 Å². The van der Waals surface area contributed by atoms with Gasteiger partial charge in [-0.15, -0.1) is 0 Å². The van der Waals surface area contributed by atoms with Gasteiger partial charge in [0, 0.05) is 38.6 Å².